The topological polar surface area (TPSA) is 64.7 Å². The van der Waals surface area contributed by atoms with Crippen molar-refractivity contribution in [1.29, 1.82) is 0 Å². The van der Waals surface area contributed by atoms with Crippen LogP contribution in [-0.2, 0) is 11.3 Å². The third kappa shape index (κ3) is 3.65. The van der Waals surface area contributed by atoms with Crippen molar-refractivity contribution in [2.75, 3.05) is 19.1 Å². The van der Waals surface area contributed by atoms with Crippen molar-refractivity contribution in [3.63, 3.8) is 0 Å². The maximum atomic E-state index is 12.8. The highest BCUT2D eigenvalue weighted by atomic mass is 16.5. The molecule has 0 N–H and O–H groups in total. The fourth-order valence-electron chi connectivity index (χ4n) is 3.23. The van der Waals surface area contributed by atoms with Gasteiger partial charge in [0, 0.05) is 12.7 Å². The van der Waals surface area contributed by atoms with Gasteiger partial charge in [0.1, 0.15) is 12.3 Å². The minimum atomic E-state index is -0.558. The second kappa shape index (κ2) is 7.67. The van der Waals surface area contributed by atoms with Crippen LogP contribution in [0.4, 0.5) is 5.69 Å². The van der Waals surface area contributed by atoms with Crippen molar-refractivity contribution in [1.82, 2.24) is 4.57 Å². The molecule has 1 amide bonds. The third-order valence-electron chi connectivity index (χ3n) is 4.88. The van der Waals surface area contributed by atoms with Crippen molar-refractivity contribution < 1.29 is 13.9 Å². The number of rotatable bonds is 5. The number of carbonyl (C=O) groups excluding carboxylic acids is 1. The van der Waals surface area contributed by atoms with Gasteiger partial charge in [0.2, 0.25) is 5.91 Å². The van der Waals surface area contributed by atoms with Gasteiger partial charge in [-0.2, -0.15) is 0 Å². The quantitative estimate of drug-likeness (QED) is 0.520. The largest absolute Gasteiger partial charge is 0.497 e. The van der Waals surface area contributed by atoms with Gasteiger partial charge in [-0.25, -0.2) is 4.79 Å². The lowest BCUT2D eigenvalue weighted by Crippen LogP contribution is -2.32. The number of nitrogens with zero attached hydrogens (tertiary/aromatic N) is 2. The molecule has 0 bridgehead atoms. The Morgan fingerprint density at radius 3 is 2.52 bits per heavy atom. The minimum Gasteiger partial charge on any atom is -0.497 e. The first kappa shape index (κ1) is 18.6. The van der Waals surface area contributed by atoms with Gasteiger partial charge >= 0.3 is 5.76 Å². The molecule has 3 aromatic carbocycles. The molecule has 0 spiro atoms. The van der Waals surface area contributed by atoms with Gasteiger partial charge in [0.15, 0.2) is 5.58 Å². The van der Waals surface area contributed by atoms with Gasteiger partial charge < -0.3 is 14.1 Å². The molecule has 0 radical (unpaired) electrons. The fraction of sp³-hybridized carbons (Fsp3) is 0.130. The molecule has 1 aromatic heterocycles. The number of hydrogen-bond donors (Lipinski definition) is 0. The lowest BCUT2D eigenvalue weighted by molar-refractivity contribution is -0.118. The van der Waals surface area contributed by atoms with E-state index in [9.17, 15) is 9.59 Å². The van der Waals surface area contributed by atoms with E-state index >= 15 is 0 Å². The van der Waals surface area contributed by atoms with E-state index < -0.39 is 5.76 Å². The monoisotopic (exact) mass is 388 g/mol. The molecule has 0 unspecified atom stereocenters. The van der Waals surface area contributed by atoms with Crippen LogP contribution in [0.1, 0.15) is 0 Å². The van der Waals surface area contributed by atoms with Gasteiger partial charge in [-0.05, 0) is 47.5 Å². The van der Waals surface area contributed by atoms with Gasteiger partial charge in [0.25, 0.3) is 0 Å². The molecule has 146 valence electrons. The summed E-state index contributed by atoms with van der Waals surface area (Å²) in [6, 6.07) is 22.4. The molecular formula is C23H20N2O4. The van der Waals surface area contributed by atoms with Gasteiger partial charge in [-0.15, -0.1) is 0 Å². The van der Waals surface area contributed by atoms with Crippen LogP contribution in [-0.4, -0.2) is 24.6 Å². The van der Waals surface area contributed by atoms with E-state index in [2.05, 4.69) is 0 Å². The average Bonchev–Trinajstić information content (AvgIpc) is 3.08. The molecule has 0 saturated heterocycles. The van der Waals surface area contributed by atoms with Crippen molar-refractivity contribution in [3.05, 3.63) is 83.3 Å². The lowest BCUT2D eigenvalue weighted by Gasteiger charge is -2.17. The van der Waals surface area contributed by atoms with E-state index in [1.807, 2.05) is 66.7 Å². The molecular weight excluding hydrogens is 368 g/mol. The average molecular weight is 388 g/mol. The zero-order valence-corrected chi connectivity index (χ0v) is 16.2. The van der Waals surface area contributed by atoms with E-state index in [0.29, 0.717) is 11.1 Å². The molecule has 0 saturated carbocycles. The van der Waals surface area contributed by atoms with Crippen molar-refractivity contribution in [2.45, 2.75) is 6.54 Å². The fourth-order valence-corrected chi connectivity index (χ4v) is 3.23. The second-order valence-electron chi connectivity index (χ2n) is 6.66. The number of likely N-dealkylation sites (N-methyl/N-ethyl adjacent to an activating group) is 1. The zero-order valence-electron chi connectivity index (χ0n) is 16.2. The first-order valence-electron chi connectivity index (χ1n) is 9.16. The Morgan fingerprint density at radius 1 is 1.00 bits per heavy atom. The Balaban J connectivity index is 1.70. The summed E-state index contributed by atoms with van der Waals surface area (Å²) < 4.78 is 12.0. The molecule has 4 aromatic rings. The first-order chi connectivity index (χ1) is 14.1. The maximum absolute atomic E-state index is 12.8. The van der Waals surface area contributed by atoms with E-state index in [0.717, 1.165) is 22.6 Å². The Kier molecular flexibility index (Phi) is 4.91. The summed E-state index contributed by atoms with van der Waals surface area (Å²) in [5.74, 6) is -0.0303. The number of benzene rings is 3. The molecule has 1 heterocycles. The lowest BCUT2D eigenvalue weighted by atomic mass is 10.0. The first-order valence-corrected chi connectivity index (χ1v) is 9.16. The van der Waals surface area contributed by atoms with Crippen LogP contribution in [0.3, 0.4) is 0 Å². The van der Waals surface area contributed by atoms with E-state index in [4.69, 9.17) is 9.15 Å². The number of methoxy groups -OCH3 is 1. The van der Waals surface area contributed by atoms with Crippen LogP contribution in [0.5, 0.6) is 5.75 Å². The number of ether oxygens (including phenoxy) is 1. The van der Waals surface area contributed by atoms with Crippen LogP contribution < -0.4 is 15.4 Å². The molecule has 4 rings (SSSR count). The van der Waals surface area contributed by atoms with Gasteiger partial charge in [-0.1, -0.05) is 36.4 Å². The maximum Gasteiger partial charge on any atom is 0.420 e. The SMILES string of the molecule is COc1cccc(-c2ccc3oc(=O)n(CC(=O)N(C)c4ccccc4)c3c2)c1. The Morgan fingerprint density at radius 2 is 1.76 bits per heavy atom. The number of oxazole rings is 1. The number of para-hydroxylation sites is 1. The van der Waals surface area contributed by atoms with Gasteiger partial charge in [0.05, 0.1) is 12.6 Å². The van der Waals surface area contributed by atoms with Gasteiger partial charge in [-0.3, -0.25) is 9.36 Å². The highest BCUT2D eigenvalue weighted by Crippen LogP contribution is 2.27. The number of fused-ring (bicyclic) bond motifs is 1. The minimum absolute atomic E-state index is 0.112. The number of hydrogen-bond acceptors (Lipinski definition) is 4. The van der Waals surface area contributed by atoms with Crippen LogP contribution in [0.25, 0.3) is 22.2 Å². The standard InChI is InChI=1S/C23H20N2O4/c1-24(18-8-4-3-5-9-18)22(26)15-25-20-14-17(11-12-21(20)29-23(25)27)16-7-6-10-19(13-16)28-2/h3-14H,15H2,1-2H3. The third-order valence-corrected chi connectivity index (χ3v) is 4.88. The van der Waals surface area contributed by atoms with E-state index in [1.165, 1.54) is 9.47 Å². The molecule has 0 atom stereocenters. The molecule has 0 aliphatic heterocycles. The highest BCUT2D eigenvalue weighted by molar-refractivity contribution is 5.93. The van der Waals surface area contributed by atoms with E-state index in [-0.39, 0.29) is 12.5 Å². The number of amides is 1. The molecule has 29 heavy (non-hydrogen) atoms. The van der Waals surface area contributed by atoms with Crippen molar-refractivity contribution >= 4 is 22.7 Å². The molecule has 0 aliphatic rings. The van der Waals surface area contributed by atoms with Crippen LogP contribution in [0.2, 0.25) is 0 Å². The van der Waals surface area contributed by atoms with E-state index in [1.54, 1.807) is 20.2 Å². The van der Waals surface area contributed by atoms with Crippen molar-refractivity contribution in [3.8, 4) is 16.9 Å². The predicted octanol–water partition coefficient (Wildman–Crippen LogP) is 3.93. The van der Waals surface area contributed by atoms with Crippen LogP contribution in [0.15, 0.2) is 82.0 Å². The Hall–Kier alpha value is -3.80. The summed E-state index contributed by atoms with van der Waals surface area (Å²) in [5.41, 5.74) is 3.62. The van der Waals surface area contributed by atoms with Crippen molar-refractivity contribution in [2.24, 2.45) is 0 Å². The summed E-state index contributed by atoms with van der Waals surface area (Å²) in [4.78, 5) is 26.7. The predicted molar refractivity (Wildman–Crippen MR) is 112 cm³/mol. The molecule has 0 fully saturated rings. The summed E-state index contributed by atoms with van der Waals surface area (Å²) in [6.45, 7) is -0.112. The molecule has 6 nitrogen and oxygen atoms in total. The normalized spacial score (nSPS) is 10.8. The summed E-state index contributed by atoms with van der Waals surface area (Å²) in [7, 11) is 3.30. The number of carbonyl (C=O) groups is 1. The molecule has 0 aliphatic carbocycles. The zero-order chi connectivity index (χ0) is 20.4. The summed E-state index contributed by atoms with van der Waals surface area (Å²) in [5, 5.41) is 0. The smallest absolute Gasteiger partial charge is 0.420 e. The Bertz CT molecular complexity index is 1220. The second-order valence-corrected chi connectivity index (χ2v) is 6.66. The summed E-state index contributed by atoms with van der Waals surface area (Å²) in [6.07, 6.45) is 0. The summed E-state index contributed by atoms with van der Waals surface area (Å²) >= 11 is 0. The van der Waals surface area contributed by atoms with Crippen LogP contribution >= 0.6 is 0 Å². The number of aromatic nitrogens is 1. The Labute approximate surface area is 167 Å². The number of anilines is 1. The van der Waals surface area contributed by atoms with Crippen LogP contribution in [0, 0.1) is 0 Å². The highest BCUT2D eigenvalue weighted by Gasteiger charge is 2.17. The molecule has 6 heteroatoms.